The van der Waals surface area contributed by atoms with E-state index in [1.807, 2.05) is 0 Å². The Morgan fingerprint density at radius 3 is 2.45 bits per heavy atom. The lowest BCUT2D eigenvalue weighted by atomic mass is 10.1. The summed E-state index contributed by atoms with van der Waals surface area (Å²) in [7, 11) is 0. The van der Waals surface area contributed by atoms with E-state index in [0.717, 1.165) is 25.6 Å². The molecular weight excluding hydrogens is 493 g/mol. The van der Waals surface area contributed by atoms with Gasteiger partial charge in [0.2, 0.25) is 0 Å². The van der Waals surface area contributed by atoms with Gasteiger partial charge in [-0.15, -0.1) is 35.7 Å². The second-order valence-corrected chi connectivity index (χ2v) is 8.58. The van der Waals surface area contributed by atoms with Crippen molar-refractivity contribution in [3.63, 3.8) is 0 Å². The average molecular weight is 534 g/mol. The van der Waals surface area contributed by atoms with Gasteiger partial charge in [-0.2, -0.15) is 0 Å². The Kier molecular flexibility index (Phi) is 13.3. The SMILES string of the molecule is CCNC(=NCc1ccc(C)cc1SC)NCC(C)CN1CCN(CC)CC1.I. The molecule has 0 radical (unpaired) electrons. The summed E-state index contributed by atoms with van der Waals surface area (Å²) < 4.78 is 0. The van der Waals surface area contributed by atoms with E-state index in [-0.39, 0.29) is 24.0 Å². The molecule has 1 heterocycles. The van der Waals surface area contributed by atoms with Crippen LogP contribution in [0, 0.1) is 12.8 Å². The molecule has 7 heteroatoms. The molecule has 0 bridgehead atoms. The Hall–Kier alpha value is -0.510. The highest BCUT2D eigenvalue weighted by atomic mass is 127. The summed E-state index contributed by atoms with van der Waals surface area (Å²) in [6.45, 7) is 18.5. The van der Waals surface area contributed by atoms with Crippen molar-refractivity contribution in [2.75, 3.05) is 58.6 Å². The third kappa shape index (κ3) is 9.44. The summed E-state index contributed by atoms with van der Waals surface area (Å²) in [5.74, 6) is 1.51. The smallest absolute Gasteiger partial charge is 0.191 e. The van der Waals surface area contributed by atoms with E-state index in [4.69, 9.17) is 4.99 Å². The zero-order valence-electron chi connectivity index (χ0n) is 18.8. The first-order valence-electron chi connectivity index (χ1n) is 10.7. The molecule has 1 aromatic rings. The number of piperazine rings is 1. The molecule has 0 aliphatic carbocycles. The Labute approximate surface area is 199 Å². The normalized spacial score (nSPS) is 16.9. The van der Waals surface area contributed by atoms with Crippen molar-refractivity contribution in [3.8, 4) is 0 Å². The van der Waals surface area contributed by atoms with Crippen molar-refractivity contribution >= 4 is 41.7 Å². The van der Waals surface area contributed by atoms with Gasteiger partial charge in [-0.3, -0.25) is 0 Å². The first-order valence-corrected chi connectivity index (χ1v) is 11.9. The van der Waals surface area contributed by atoms with E-state index >= 15 is 0 Å². The molecule has 2 N–H and O–H groups in total. The summed E-state index contributed by atoms with van der Waals surface area (Å²) in [6.07, 6.45) is 2.13. The van der Waals surface area contributed by atoms with Gasteiger partial charge >= 0.3 is 0 Å². The van der Waals surface area contributed by atoms with Crippen LogP contribution >= 0.6 is 35.7 Å². The maximum absolute atomic E-state index is 4.82. The molecule has 1 aliphatic heterocycles. The number of thioether (sulfide) groups is 1. The van der Waals surface area contributed by atoms with Gasteiger partial charge in [-0.1, -0.05) is 26.0 Å². The number of guanidine groups is 1. The molecule has 0 spiro atoms. The maximum atomic E-state index is 4.82. The van der Waals surface area contributed by atoms with Crippen molar-refractivity contribution in [1.29, 1.82) is 0 Å². The monoisotopic (exact) mass is 533 g/mol. The Balaban J connectivity index is 0.00000420. The lowest BCUT2D eigenvalue weighted by Gasteiger charge is -2.35. The summed E-state index contributed by atoms with van der Waals surface area (Å²) in [6, 6.07) is 6.62. The van der Waals surface area contributed by atoms with Crippen molar-refractivity contribution in [3.05, 3.63) is 29.3 Å². The number of nitrogens with one attached hydrogen (secondary N) is 2. The minimum Gasteiger partial charge on any atom is -0.357 e. The predicted molar refractivity (Wildman–Crippen MR) is 139 cm³/mol. The molecule has 1 saturated heterocycles. The molecule has 1 atom stereocenters. The highest BCUT2D eigenvalue weighted by Gasteiger charge is 2.17. The zero-order chi connectivity index (χ0) is 20.4. The van der Waals surface area contributed by atoms with E-state index < -0.39 is 0 Å². The van der Waals surface area contributed by atoms with Gasteiger partial charge in [-0.05, 0) is 49.8 Å². The Bertz CT molecular complexity index is 617. The number of aliphatic imine (C=N–C) groups is 1. The molecule has 0 saturated carbocycles. The molecule has 5 nitrogen and oxygen atoms in total. The fourth-order valence-electron chi connectivity index (χ4n) is 3.55. The highest BCUT2D eigenvalue weighted by molar-refractivity contribution is 14.0. The third-order valence-electron chi connectivity index (χ3n) is 5.29. The molecule has 29 heavy (non-hydrogen) atoms. The van der Waals surface area contributed by atoms with Crippen LogP contribution in [0.2, 0.25) is 0 Å². The van der Waals surface area contributed by atoms with Crippen molar-refractivity contribution < 1.29 is 0 Å². The number of likely N-dealkylation sites (N-methyl/N-ethyl adjacent to an activating group) is 1. The highest BCUT2D eigenvalue weighted by Crippen LogP contribution is 2.22. The van der Waals surface area contributed by atoms with Crippen molar-refractivity contribution in [2.45, 2.75) is 39.1 Å². The average Bonchev–Trinajstić information content (AvgIpc) is 2.71. The maximum Gasteiger partial charge on any atom is 0.191 e. The molecule has 1 unspecified atom stereocenters. The molecule has 166 valence electrons. The van der Waals surface area contributed by atoms with Gasteiger partial charge < -0.3 is 20.4 Å². The fourth-order valence-corrected chi connectivity index (χ4v) is 4.25. The van der Waals surface area contributed by atoms with Gasteiger partial charge in [0.15, 0.2) is 5.96 Å². The van der Waals surface area contributed by atoms with E-state index in [9.17, 15) is 0 Å². The zero-order valence-corrected chi connectivity index (χ0v) is 22.0. The Morgan fingerprint density at radius 2 is 1.83 bits per heavy atom. The summed E-state index contributed by atoms with van der Waals surface area (Å²) >= 11 is 1.79. The number of hydrogen-bond donors (Lipinski definition) is 2. The molecule has 1 fully saturated rings. The minimum absolute atomic E-state index is 0. The van der Waals surface area contributed by atoms with Crippen LogP contribution in [0.25, 0.3) is 0 Å². The lowest BCUT2D eigenvalue weighted by molar-refractivity contribution is 0.124. The van der Waals surface area contributed by atoms with Crippen LogP contribution in [0.4, 0.5) is 0 Å². The van der Waals surface area contributed by atoms with Crippen LogP contribution in [-0.2, 0) is 6.54 Å². The van der Waals surface area contributed by atoms with E-state index in [1.54, 1.807) is 11.8 Å². The number of benzene rings is 1. The number of nitrogens with zero attached hydrogens (tertiary/aromatic N) is 3. The quantitative estimate of drug-likeness (QED) is 0.220. The summed E-state index contributed by atoms with van der Waals surface area (Å²) in [4.78, 5) is 11.3. The molecule has 0 aromatic heterocycles. The van der Waals surface area contributed by atoms with Crippen LogP contribution in [-0.4, -0.2) is 74.4 Å². The van der Waals surface area contributed by atoms with Crippen molar-refractivity contribution in [2.24, 2.45) is 10.9 Å². The first-order chi connectivity index (χ1) is 13.5. The summed E-state index contributed by atoms with van der Waals surface area (Å²) in [5, 5.41) is 6.93. The topological polar surface area (TPSA) is 42.9 Å². The molecule has 0 amide bonds. The van der Waals surface area contributed by atoms with E-state index in [0.29, 0.717) is 12.5 Å². The van der Waals surface area contributed by atoms with Gasteiger partial charge in [0.1, 0.15) is 0 Å². The first kappa shape index (κ1) is 26.5. The number of hydrogen-bond acceptors (Lipinski definition) is 4. The molecule has 1 aromatic carbocycles. The van der Waals surface area contributed by atoms with Gasteiger partial charge in [0, 0.05) is 50.7 Å². The summed E-state index contributed by atoms with van der Waals surface area (Å²) in [5.41, 5.74) is 2.59. The third-order valence-corrected chi connectivity index (χ3v) is 6.11. The van der Waals surface area contributed by atoms with E-state index in [1.165, 1.54) is 48.7 Å². The van der Waals surface area contributed by atoms with E-state index in [2.05, 4.69) is 72.6 Å². The lowest BCUT2D eigenvalue weighted by Crippen LogP contribution is -2.48. The van der Waals surface area contributed by atoms with Crippen LogP contribution in [0.3, 0.4) is 0 Å². The number of halogens is 1. The fraction of sp³-hybridized carbons (Fsp3) is 0.682. The van der Waals surface area contributed by atoms with Crippen molar-refractivity contribution in [1.82, 2.24) is 20.4 Å². The van der Waals surface area contributed by atoms with Crippen LogP contribution in [0.15, 0.2) is 28.1 Å². The van der Waals surface area contributed by atoms with Crippen LogP contribution < -0.4 is 10.6 Å². The van der Waals surface area contributed by atoms with Crippen LogP contribution in [0.5, 0.6) is 0 Å². The minimum atomic E-state index is 0. The van der Waals surface area contributed by atoms with Gasteiger partial charge in [0.05, 0.1) is 6.54 Å². The predicted octanol–water partition coefficient (Wildman–Crippen LogP) is 3.66. The molecular formula is C22H40IN5S. The van der Waals surface area contributed by atoms with Gasteiger partial charge in [-0.25, -0.2) is 4.99 Å². The second-order valence-electron chi connectivity index (χ2n) is 7.73. The molecule has 1 aliphatic rings. The molecule has 2 rings (SSSR count). The standard InChI is InChI=1S/C22H39N5S.HI/c1-6-23-22(25-16-20-9-8-18(3)14-21(20)28-5)24-15-19(4)17-27-12-10-26(7-2)11-13-27;/h8-9,14,19H,6-7,10-13,15-17H2,1-5H3,(H2,23,24,25);1H. The number of rotatable bonds is 9. The van der Waals surface area contributed by atoms with Gasteiger partial charge in [0.25, 0.3) is 0 Å². The largest absolute Gasteiger partial charge is 0.357 e. The second kappa shape index (κ2) is 14.5. The Morgan fingerprint density at radius 1 is 1.14 bits per heavy atom. The number of aryl methyl sites for hydroxylation is 1. The van der Waals surface area contributed by atoms with Crippen LogP contribution in [0.1, 0.15) is 31.9 Å².